The zero-order chi connectivity index (χ0) is 32.4. The van der Waals surface area contributed by atoms with Crippen molar-refractivity contribution in [3.05, 3.63) is 86.8 Å². The number of halogens is 3. The highest BCUT2D eigenvalue weighted by atomic mass is 35.5. The summed E-state index contributed by atoms with van der Waals surface area (Å²) < 4.78 is 1.45. The van der Waals surface area contributed by atoms with Crippen LogP contribution < -0.4 is 10.9 Å². The number of nitrogens with one attached hydrogen (secondary N) is 3. The van der Waals surface area contributed by atoms with Crippen LogP contribution in [0.1, 0.15) is 23.9 Å². The number of aromatic hydroxyl groups is 1. The molecule has 14 nitrogen and oxygen atoms in total. The Morgan fingerprint density at radius 2 is 1.87 bits per heavy atom. The molecule has 244 valence electrons. The van der Waals surface area contributed by atoms with Gasteiger partial charge in [-0.1, -0.05) is 29.3 Å². The average molecular weight is 700 g/mol. The minimum Gasteiger partial charge on any atom is -0.507 e. The number of imidazole rings is 1. The van der Waals surface area contributed by atoms with Crippen LogP contribution in [0.15, 0.2) is 59.7 Å². The van der Waals surface area contributed by atoms with Gasteiger partial charge in [-0.15, -0.1) is 17.5 Å². The Bertz CT molecular complexity index is 2000. The number of aromatic amines is 2. The highest BCUT2D eigenvalue weighted by molar-refractivity contribution is 6.32. The molecular formula is C30H29Cl3N10O4. The lowest BCUT2D eigenvalue weighted by Crippen LogP contribution is -2.48. The monoisotopic (exact) mass is 698 g/mol. The summed E-state index contributed by atoms with van der Waals surface area (Å²) in [4.78, 5) is 52.8. The lowest BCUT2D eigenvalue weighted by molar-refractivity contribution is -0.133. The van der Waals surface area contributed by atoms with Gasteiger partial charge in [-0.3, -0.25) is 14.4 Å². The van der Waals surface area contributed by atoms with E-state index in [1.165, 1.54) is 17.1 Å². The third-order valence-corrected chi connectivity index (χ3v) is 8.16. The zero-order valence-corrected chi connectivity index (χ0v) is 27.2. The summed E-state index contributed by atoms with van der Waals surface area (Å²) in [6.45, 7) is 2.62. The second-order valence-electron chi connectivity index (χ2n) is 10.8. The van der Waals surface area contributed by atoms with E-state index in [0.717, 1.165) is 19.2 Å². The van der Waals surface area contributed by atoms with E-state index in [1.54, 1.807) is 47.4 Å². The van der Waals surface area contributed by atoms with E-state index in [1.807, 2.05) is 7.05 Å². The Kier molecular flexibility index (Phi) is 10.3. The van der Waals surface area contributed by atoms with Crippen LogP contribution in [-0.2, 0) is 9.59 Å². The summed E-state index contributed by atoms with van der Waals surface area (Å²) in [5, 5.41) is 25.5. The van der Waals surface area contributed by atoms with Gasteiger partial charge in [0.25, 0.3) is 5.56 Å². The van der Waals surface area contributed by atoms with Crippen LogP contribution >= 0.6 is 35.6 Å². The molecule has 2 aromatic carbocycles. The minimum atomic E-state index is -0.862. The Morgan fingerprint density at radius 1 is 1.09 bits per heavy atom. The Morgan fingerprint density at radius 3 is 2.62 bits per heavy atom. The number of pyridine rings is 1. The molecule has 47 heavy (non-hydrogen) atoms. The van der Waals surface area contributed by atoms with Crippen LogP contribution in [0.2, 0.25) is 10.2 Å². The van der Waals surface area contributed by atoms with E-state index >= 15 is 0 Å². The second kappa shape index (κ2) is 14.3. The van der Waals surface area contributed by atoms with Gasteiger partial charge in [0.15, 0.2) is 0 Å². The molecule has 1 aliphatic rings. The maximum atomic E-state index is 13.4. The molecule has 2 amide bonds. The van der Waals surface area contributed by atoms with Crippen LogP contribution in [-0.4, -0.2) is 95.1 Å². The van der Waals surface area contributed by atoms with E-state index < -0.39 is 17.5 Å². The van der Waals surface area contributed by atoms with Crippen LogP contribution in [0.3, 0.4) is 0 Å². The Hall–Kier alpha value is -4.76. The first kappa shape index (κ1) is 33.6. The van der Waals surface area contributed by atoms with Crippen molar-refractivity contribution in [1.82, 2.24) is 50.3 Å². The summed E-state index contributed by atoms with van der Waals surface area (Å²) >= 11 is 12.8. The number of carbonyl (C=O) groups excluding carboxylic acids is 2. The standard InChI is InChI=1S/C30H28Cl2N10O4.ClH/c1-40-8-10-41(11-9-40)27(46)14-22(35-25(44)7-3-17-12-19(31)4-6-23(17)42-16-33-38-39-42)30-36-28(29(32)37-30)18-2-5-21-20(13-18)24(43)15-26(45)34-21;/h2-7,12-13,15-16,22H,8-11,14H2,1H3,(H,35,44)(H,36,37)(H2,34,43,45);1H/b7-3+;/t22-;/m0./s1. The van der Waals surface area contributed by atoms with Crippen molar-refractivity contribution >= 4 is 64.4 Å². The van der Waals surface area contributed by atoms with Crippen molar-refractivity contribution < 1.29 is 14.7 Å². The third-order valence-electron chi connectivity index (χ3n) is 7.65. The molecule has 1 saturated heterocycles. The Labute approximate surface area is 283 Å². The predicted molar refractivity (Wildman–Crippen MR) is 179 cm³/mol. The molecule has 4 heterocycles. The fourth-order valence-electron chi connectivity index (χ4n) is 5.21. The Balaban J connectivity index is 0.00000433. The van der Waals surface area contributed by atoms with E-state index in [9.17, 15) is 19.5 Å². The SMILES string of the molecule is CN1CCN(C(=O)C[C@H](NC(=O)/C=C/c2cc(Cl)ccc2-n2cnnn2)c2nc(-c3ccc4[nH]c(=O)cc(O)c4c3)c(Cl)[nH]2)CC1.Cl. The van der Waals surface area contributed by atoms with Gasteiger partial charge in [0, 0.05) is 59.9 Å². The van der Waals surface area contributed by atoms with Crippen molar-refractivity contribution in [1.29, 1.82) is 0 Å². The van der Waals surface area contributed by atoms with Crippen molar-refractivity contribution in [2.75, 3.05) is 33.2 Å². The van der Waals surface area contributed by atoms with Gasteiger partial charge in [-0.05, 0) is 53.9 Å². The number of fused-ring (bicyclic) bond motifs is 1. The molecule has 1 atom stereocenters. The first-order chi connectivity index (χ1) is 22.1. The molecule has 1 fully saturated rings. The lowest BCUT2D eigenvalue weighted by Gasteiger charge is -2.33. The molecule has 6 rings (SSSR count). The van der Waals surface area contributed by atoms with E-state index in [4.69, 9.17) is 23.2 Å². The van der Waals surface area contributed by atoms with Crippen LogP contribution in [0.5, 0.6) is 5.75 Å². The van der Waals surface area contributed by atoms with Gasteiger partial charge >= 0.3 is 0 Å². The molecule has 17 heteroatoms. The predicted octanol–water partition coefficient (Wildman–Crippen LogP) is 3.36. The molecule has 0 spiro atoms. The number of aromatic nitrogens is 7. The molecule has 0 aliphatic carbocycles. The smallest absolute Gasteiger partial charge is 0.252 e. The van der Waals surface area contributed by atoms with Crippen LogP contribution in [0.4, 0.5) is 0 Å². The lowest BCUT2D eigenvalue weighted by atomic mass is 10.1. The number of likely N-dealkylation sites (N-methyl/N-ethyl adjacent to an activating group) is 1. The highest BCUT2D eigenvalue weighted by Gasteiger charge is 2.27. The molecule has 0 unspecified atom stereocenters. The number of tetrazole rings is 1. The van der Waals surface area contributed by atoms with Gasteiger partial charge in [0.1, 0.15) is 28.7 Å². The molecule has 0 radical (unpaired) electrons. The number of H-pyrrole nitrogens is 2. The van der Waals surface area contributed by atoms with Crippen molar-refractivity contribution in [3.8, 4) is 22.7 Å². The van der Waals surface area contributed by atoms with Gasteiger partial charge < -0.3 is 30.2 Å². The number of piperazine rings is 1. The third kappa shape index (κ3) is 7.63. The number of rotatable bonds is 8. The summed E-state index contributed by atoms with van der Waals surface area (Å²) in [5.41, 5.74) is 2.10. The normalized spacial score (nSPS) is 14.3. The number of amides is 2. The van der Waals surface area contributed by atoms with E-state index in [0.29, 0.717) is 51.5 Å². The fraction of sp³-hybridized carbons (Fsp3) is 0.233. The van der Waals surface area contributed by atoms with Crippen molar-refractivity contribution in [2.24, 2.45) is 0 Å². The zero-order valence-electron chi connectivity index (χ0n) is 24.9. The maximum Gasteiger partial charge on any atom is 0.252 e. The molecule has 0 saturated carbocycles. The van der Waals surface area contributed by atoms with Crippen molar-refractivity contribution in [2.45, 2.75) is 12.5 Å². The van der Waals surface area contributed by atoms with Crippen molar-refractivity contribution in [3.63, 3.8) is 0 Å². The van der Waals surface area contributed by atoms with Gasteiger partial charge in [0.2, 0.25) is 11.8 Å². The fourth-order valence-corrected chi connectivity index (χ4v) is 5.64. The molecule has 4 N–H and O–H groups in total. The number of nitrogens with zero attached hydrogens (tertiary/aromatic N) is 7. The summed E-state index contributed by atoms with van der Waals surface area (Å²) in [6.07, 6.45) is 4.25. The van der Waals surface area contributed by atoms with Gasteiger partial charge in [-0.25, -0.2) is 4.98 Å². The first-order valence-electron chi connectivity index (χ1n) is 14.2. The topological polar surface area (TPSA) is 178 Å². The highest BCUT2D eigenvalue weighted by Crippen LogP contribution is 2.32. The number of hydrogen-bond acceptors (Lipinski definition) is 9. The molecule has 0 bridgehead atoms. The summed E-state index contributed by atoms with van der Waals surface area (Å²) in [7, 11) is 2.00. The van der Waals surface area contributed by atoms with Crippen LogP contribution in [0, 0.1) is 0 Å². The first-order valence-corrected chi connectivity index (χ1v) is 15.0. The quantitative estimate of drug-likeness (QED) is 0.177. The van der Waals surface area contributed by atoms with E-state index in [-0.39, 0.29) is 41.5 Å². The average Bonchev–Trinajstić information content (AvgIpc) is 3.70. The van der Waals surface area contributed by atoms with E-state index in [2.05, 4.69) is 40.7 Å². The largest absolute Gasteiger partial charge is 0.507 e. The van der Waals surface area contributed by atoms with Gasteiger partial charge in [0.05, 0.1) is 23.7 Å². The number of benzene rings is 2. The van der Waals surface area contributed by atoms with Crippen LogP contribution in [0.25, 0.3) is 33.9 Å². The molecular weight excluding hydrogens is 671 g/mol. The maximum absolute atomic E-state index is 13.4. The summed E-state index contributed by atoms with van der Waals surface area (Å²) in [5.74, 6) is -0.559. The molecule has 1 aliphatic heterocycles. The number of carbonyl (C=O) groups is 2. The summed E-state index contributed by atoms with van der Waals surface area (Å²) in [6, 6.07) is 10.3. The second-order valence-corrected chi connectivity index (χ2v) is 11.6. The molecule has 3 aromatic heterocycles. The number of hydrogen-bond donors (Lipinski definition) is 4. The molecule has 5 aromatic rings. The van der Waals surface area contributed by atoms with Gasteiger partial charge in [-0.2, -0.15) is 4.68 Å². The minimum absolute atomic E-state index is 0.